The molecule has 1 fully saturated rings. The number of hydrogen-bond acceptors (Lipinski definition) is 2. The number of carbonyl (C=O) groups is 1. The first-order valence-electron chi connectivity index (χ1n) is 4.40. The van der Waals surface area contributed by atoms with Crippen molar-refractivity contribution in [2.45, 2.75) is 39.3 Å². The van der Waals surface area contributed by atoms with Crippen LogP contribution in [0.15, 0.2) is 0 Å². The van der Waals surface area contributed by atoms with Crippen LogP contribution in [0.5, 0.6) is 0 Å². The van der Waals surface area contributed by atoms with Crippen LogP contribution >= 0.6 is 12.2 Å². The summed E-state index contributed by atoms with van der Waals surface area (Å²) in [6, 6.07) is 0.434. The summed E-state index contributed by atoms with van der Waals surface area (Å²) in [5.41, 5.74) is 2.70. The maximum Gasteiger partial charge on any atom is 0.240 e. The van der Waals surface area contributed by atoms with Gasteiger partial charge in [0, 0.05) is 6.04 Å². The molecule has 5 heteroatoms. The molecule has 1 saturated heterocycles. The van der Waals surface area contributed by atoms with Gasteiger partial charge in [-0.2, -0.15) is 0 Å². The highest BCUT2D eigenvalue weighted by molar-refractivity contribution is 7.80. The Morgan fingerprint density at radius 2 is 2.38 bits per heavy atom. The first-order valence-corrected chi connectivity index (χ1v) is 4.80. The second-order valence-electron chi connectivity index (χ2n) is 3.56. The lowest BCUT2D eigenvalue weighted by Crippen LogP contribution is -2.49. The van der Waals surface area contributed by atoms with Gasteiger partial charge in [0.2, 0.25) is 5.91 Å². The summed E-state index contributed by atoms with van der Waals surface area (Å²) in [7, 11) is 0. The van der Waals surface area contributed by atoms with Gasteiger partial charge in [-0.05, 0) is 33.0 Å². The van der Waals surface area contributed by atoms with Crippen LogP contribution in [0, 0.1) is 0 Å². The van der Waals surface area contributed by atoms with Crippen LogP contribution in [-0.4, -0.2) is 28.1 Å². The predicted octanol–water partition coefficient (Wildman–Crippen LogP) is 0.395. The van der Waals surface area contributed by atoms with E-state index in [4.69, 9.17) is 12.2 Å². The standard InChI is InChI=1S/C8H15N3OS/c1-5(2)9-8(13)11-6(3)4-7(12)10-11/h5-6H,4H2,1-3H3,(H,9,13)(H,10,12). The van der Waals surface area contributed by atoms with Gasteiger partial charge in [0.05, 0.1) is 12.5 Å². The van der Waals surface area contributed by atoms with Crippen LogP contribution in [-0.2, 0) is 4.79 Å². The van der Waals surface area contributed by atoms with Crippen LogP contribution in [0.1, 0.15) is 27.2 Å². The zero-order valence-electron chi connectivity index (χ0n) is 8.13. The Balaban J connectivity index is 2.52. The molecule has 0 bridgehead atoms. The Bertz CT molecular complexity index is 229. The lowest BCUT2D eigenvalue weighted by molar-refractivity contribution is -0.120. The molecule has 1 heterocycles. The summed E-state index contributed by atoms with van der Waals surface area (Å²) in [5, 5.41) is 5.38. The highest BCUT2D eigenvalue weighted by Crippen LogP contribution is 2.08. The van der Waals surface area contributed by atoms with E-state index in [0.29, 0.717) is 11.5 Å². The molecular formula is C8H15N3OS. The molecule has 4 nitrogen and oxygen atoms in total. The maximum atomic E-state index is 11.0. The summed E-state index contributed by atoms with van der Waals surface area (Å²) in [4.78, 5) is 11.0. The van der Waals surface area contributed by atoms with E-state index < -0.39 is 0 Å². The number of rotatable bonds is 1. The fourth-order valence-electron chi connectivity index (χ4n) is 1.22. The van der Waals surface area contributed by atoms with E-state index in [-0.39, 0.29) is 18.0 Å². The molecule has 0 aromatic carbocycles. The van der Waals surface area contributed by atoms with Crippen LogP contribution in [0.4, 0.5) is 0 Å². The normalized spacial score (nSPS) is 22.0. The Hall–Kier alpha value is -0.840. The molecule has 0 spiro atoms. The van der Waals surface area contributed by atoms with E-state index in [2.05, 4.69) is 10.7 Å². The molecule has 1 rings (SSSR count). The smallest absolute Gasteiger partial charge is 0.240 e. The quantitative estimate of drug-likeness (QED) is 0.603. The third-order valence-corrected chi connectivity index (χ3v) is 2.11. The number of hydrazine groups is 1. The van der Waals surface area contributed by atoms with Crippen molar-refractivity contribution in [2.24, 2.45) is 0 Å². The van der Waals surface area contributed by atoms with E-state index in [1.165, 1.54) is 0 Å². The average molecular weight is 201 g/mol. The summed E-state index contributed by atoms with van der Waals surface area (Å²) >= 11 is 5.12. The molecule has 1 atom stereocenters. The monoisotopic (exact) mass is 201 g/mol. The maximum absolute atomic E-state index is 11.0. The summed E-state index contributed by atoms with van der Waals surface area (Å²) in [5.74, 6) is 0.0282. The molecule has 1 unspecified atom stereocenters. The van der Waals surface area contributed by atoms with Crippen LogP contribution in [0.25, 0.3) is 0 Å². The molecule has 1 aliphatic heterocycles. The average Bonchev–Trinajstić information content (AvgIpc) is 2.28. The van der Waals surface area contributed by atoms with Gasteiger partial charge in [-0.15, -0.1) is 0 Å². The van der Waals surface area contributed by atoms with Crippen LogP contribution in [0.2, 0.25) is 0 Å². The molecular weight excluding hydrogens is 186 g/mol. The number of amides is 1. The molecule has 1 aliphatic rings. The van der Waals surface area contributed by atoms with Crippen molar-refractivity contribution in [1.29, 1.82) is 0 Å². The van der Waals surface area contributed by atoms with Gasteiger partial charge in [-0.1, -0.05) is 0 Å². The van der Waals surface area contributed by atoms with E-state index in [0.717, 1.165) is 0 Å². The molecule has 0 aromatic rings. The lowest BCUT2D eigenvalue weighted by Gasteiger charge is -2.25. The van der Waals surface area contributed by atoms with Crippen LogP contribution < -0.4 is 10.7 Å². The number of nitrogens with zero attached hydrogens (tertiary/aromatic N) is 1. The Labute approximate surface area is 83.6 Å². The van der Waals surface area contributed by atoms with Gasteiger partial charge in [-0.25, -0.2) is 0 Å². The molecule has 0 saturated carbocycles. The number of carbonyl (C=O) groups excluding carboxylic acids is 1. The SMILES string of the molecule is CC(C)NC(=S)N1NC(=O)CC1C. The van der Waals surface area contributed by atoms with Gasteiger partial charge in [-0.3, -0.25) is 15.2 Å². The van der Waals surface area contributed by atoms with Crippen molar-refractivity contribution in [2.75, 3.05) is 0 Å². The summed E-state index contributed by atoms with van der Waals surface area (Å²) in [6.45, 7) is 5.98. The first kappa shape index (κ1) is 10.2. The lowest BCUT2D eigenvalue weighted by atomic mass is 10.2. The molecule has 1 amide bonds. The van der Waals surface area contributed by atoms with Gasteiger partial charge in [0.25, 0.3) is 0 Å². The second-order valence-corrected chi connectivity index (χ2v) is 3.95. The molecule has 0 aromatic heterocycles. The Kier molecular flexibility index (Phi) is 3.08. The van der Waals surface area contributed by atoms with Gasteiger partial charge >= 0.3 is 0 Å². The van der Waals surface area contributed by atoms with E-state index >= 15 is 0 Å². The van der Waals surface area contributed by atoms with Crippen molar-refractivity contribution in [3.05, 3.63) is 0 Å². The van der Waals surface area contributed by atoms with Crippen molar-refractivity contribution in [3.63, 3.8) is 0 Å². The van der Waals surface area contributed by atoms with E-state index in [1.54, 1.807) is 5.01 Å². The largest absolute Gasteiger partial charge is 0.359 e. The fourth-order valence-corrected chi connectivity index (χ4v) is 1.68. The number of thiocarbonyl (C=S) groups is 1. The minimum Gasteiger partial charge on any atom is -0.359 e. The third-order valence-electron chi connectivity index (χ3n) is 1.80. The Morgan fingerprint density at radius 1 is 1.77 bits per heavy atom. The zero-order valence-corrected chi connectivity index (χ0v) is 8.94. The molecule has 2 N–H and O–H groups in total. The van der Waals surface area contributed by atoms with E-state index in [1.807, 2.05) is 20.8 Å². The van der Waals surface area contributed by atoms with E-state index in [9.17, 15) is 4.79 Å². The molecule has 74 valence electrons. The molecule has 13 heavy (non-hydrogen) atoms. The van der Waals surface area contributed by atoms with Gasteiger partial charge in [0.15, 0.2) is 5.11 Å². The zero-order chi connectivity index (χ0) is 10.0. The summed E-state index contributed by atoms with van der Waals surface area (Å²) < 4.78 is 0. The van der Waals surface area contributed by atoms with Crippen molar-refractivity contribution >= 4 is 23.2 Å². The minimum atomic E-state index is 0.0282. The number of hydrogen-bond donors (Lipinski definition) is 2. The predicted molar refractivity (Wildman–Crippen MR) is 54.9 cm³/mol. The number of nitrogens with one attached hydrogen (secondary N) is 2. The fraction of sp³-hybridized carbons (Fsp3) is 0.750. The first-order chi connectivity index (χ1) is 6.00. The molecule has 0 radical (unpaired) electrons. The van der Waals surface area contributed by atoms with Crippen molar-refractivity contribution in [3.8, 4) is 0 Å². The Morgan fingerprint density at radius 3 is 2.77 bits per heavy atom. The minimum absolute atomic E-state index is 0.0282. The van der Waals surface area contributed by atoms with Gasteiger partial charge in [0.1, 0.15) is 0 Å². The highest BCUT2D eigenvalue weighted by Gasteiger charge is 2.28. The van der Waals surface area contributed by atoms with Crippen molar-refractivity contribution in [1.82, 2.24) is 15.8 Å². The highest BCUT2D eigenvalue weighted by atomic mass is 32.1. The molecule has 0 aliphatic carbocycles. The summed E-state index contributed by atoms with van der Waals surface area (Å²) in [6.07, 6.45) is 0.514. The second kappa shape index (κ2) is 3.91. The third kappa shape index (κ3) is 2.55. The topological polar surface area (TPSA) is 44.4 Å². The van der Waals surface area contributed by atoms with Crippen LogP contribution in [0.3, 0.4) is 0 Å². The van der Waals surface area contributed by atoms with Crippen molar-refractivity contribution < 1.29 is 4.79 Å². The van der Waals surface area contributed by atoms with Gasteiger partial charge < -0.3 is 5.32 Å².